The average Bonchev–Trinajstić information content (AvgIpc) is 2.19. The van der Waals surface area contributed by atoms with Crippen LogP contribution in [0.25, 0.3) is 0 Å². The van der Waals surface area contributed by atoms with Gasteiger partial charge in [0.25, 0.3) is 0 Å². The maximum absolute atomic E-state index is 10.3. The second-order valence-corrected chi connectivity index (χ2v) is 3.32. The number of halogens is 1. The lowest BCUT2D eigenvalue weighted by atomic mass is 10.3. The molecular formula is C10H12ClNO3. The maximum Gasteiger partial charge on any atom is 0.306 e. The van der Waals surface area contributed by atoms with Gasteiger partial charge >= 0.3 is 5.97 Å². The quantitative estimate of drug-likeness (QED) is 0.813. The summed E-state index contributed by atoms with van der Waals surface area (Å²) in [5.74, 6) is -0.280. The molecule has 4 nitrogen and oxygen atoms in total. The molecule has 0 heterocycles. The van der Waals surface area contributed by atoms with Crippen LogP contribution in [0.4, 0.5) is 5.69 Å². The molecule has 0 unspecified atom stereocenters. The Bertz CT molecular complexity index is 355. The van der Waals surface area contributed by atoms with Crippen LogP contribution < -0.4 is 10.1 Å². The van der Waals surface area contributed by atoms with Crippen LogP contribution in [0.5, 0.6) is 5.75 Å². The predicted molar refractivity (Wildman–Crippen MR) is 58.7 cm³/mol. The van der Waals surface area contributed by atoms with E-state index in [4.69, 9.17) is 21.4 Å². The number of benzene rings is 1. The monoisotopic (exact) mass is 229 g/mol. The predicted octanol–water partition coefficient (Wildman–Crippen LogP) is 2.24. The zero-order valence-electron chi connectivity index (χ0n) is 8.29. The van der Waals surface area contributed by atoms with Crippen molar-refractivity contribution >= 4 is 23.3 Å². The number of carboxylic acid groups (broad SMARTS) is 1. The van der Waals surface area contributed by atoms with Crippen LogP contribution in [0, 0.1) is 0 Å². The van der Waals surface area contributed by atoms with Crippen molar-refractivity contribution in [1.82, 2.24) is 0 Å². The lowest BCUT2D eigenvalue weighted by Crippen LogP contribution is -2.06. The number of nitrogens with one attached hydrogen (secondary N) is 1. The van der Waals surface area contributed by atoms with Crippen molar-refractivity contribution < 1.29 is 14.6 Å². The second-order valence-electron chi connectivity index (χ2n) is 2.88. The van der Waals surface area contributed by atoms with Crippen LogP contribution in [-0.2, 0) is 4.79 Å². The summed E-state index contributed by atoms with van der Waals surface area (Å²) in [4.78, 5) is 10.3. The van der Waals surface area contributed by atoms with Gasteiger partial charge in [0.2, 0.25) is 0 Å². The minimum Gasteiger partial charge on any atom is -0.491 e. The van der Waals surface area contributed by atoms with E-state index in [0.717, 1.165) is 5.69 Å². The van der Waals surface area contributed by atoms with Crippen LogP contribution in [0.15, 0.2) is 18.2 Å². The summed E-state index contributed by atoms with van der Waals surface area (Å²) in [7, 11) is 1.75. The molecule has 0 amide bonds. The Morgan fingerprint density at radius 2 is 2.33 bits per heavy atom. The Kier molecular flexibility index (Phi) is 4.24. The molecule has 1 rings (SSSR count). The van der Waals surface area contributed by atoms with Crippen LogP contribution in [0.2, 0.25) is 5.02 Å². The van der Waals surface area contributed by atoms with E-state index in [-0.39, 0.29) is 13.0 Å². The summed E-state index contributed by atoms with van der Waals surface area (Å²) in [6, 6.07) is 5.12. The van der Waals surface area contributed by atoms with E-state index in [1.807, 2.05) is 0 Å². The van der Waals surface area contributed by atoms with Gasteiger partial charge in [-0.3, -0.25) is 4.79 Å². The highest BCUT2D eigenvalue weighted by Gasteiger charge is 2.04. The van der Waals surface area contributed by atoms with Gasteiger partial charge in [-0.15, -0.1) is 0 Å². The highest BCUT2D eigenvalue weighted by atomic mass is 35.5. The molecule has 5 heteroatoms. The summed E-state index contributed by atoms with van der Waals surface area (Å²) in [5, 5.41) is 12.0. The molecule has 0 aliphatic rings. The third kappa shape index (κ3) is 3.67. The molecule has 15 heavy (non-hydrogen) atoms. The molecular weight excluding hydrogens is 218 g/mol. The number of aliphatic carboxylic acids is 1. The van der Waals surface area contributed by atoms with Crippen LogP contribution in [0.3, 0.4) is 0 Å². The van der Waals surface area contributed by atoms with E-state index in [0.29, 0.717) is 10.8 Å². The molecule has 0 saturated heterocycles. The normalized spacial score (nSPS) is 9.73. The van der Waals surface area contributed by atoms with Gasteiger partial charge in [0.05, 0.1) is 18.7 Å². The van der Waals surface area contributed by atoms with Gasteiger partial charge in [-0.2, -0.15) is 0 Å². The minimum atomic E-state index is -0.880. The molecule has 0 atom stereocenters. The summed E-state index contributed by atoms with van der Waals surface area (Å²) in [6.07, 6.45) is -0.0220. The number of carboxylic acids is 1. The first-order chi connectivity index (χ1) is 7.13. The molecule has 1 aromatic carbocycles. The summed E-state index contributed by atoms with van der Waals surface area (Å²) in [5.41, 5.74) is 0.743. The van der Waals surface area contributed by atoms with Gasteiger partial charge in [0.15, 0.2) is 0 Å². The van der Waals surface area contributed by atoms with Crippen molar-refractivity contribution in [1.29, 1.82) is 0 Å². The molecule has 1 aromatic rings. The van der Waals surface area contributed by atoms with Gasteiger partial charge in [-0.1, -0.05) is 11.6 Å². The Balaban J connectivity index is 2.63. The molecule has 0 saturated carbocycles. The lowest BCUT2D eigenvalue weighted by molar-refractivity contribution is -0.137. The fourth-order valence-corrected chi connectivity index (χ4v) is 1.24. The zero-order chi connectivity index (χ0) is 11.3. The first kappa shape index (κ1) is 11.7. The van der Waals surface area contributed by atoms with Crippen LogP contribution in [-0.4, -0.2) is 24.7 Å². The largest absolute Gasteiger partial charge is 0.491 e. The average molecular weight is 230 g/mol. The van der Waals surface area contributed by atoms with Crippen molar-refractivity contribution in [3.8, 4) is 5.75 Å². The molecule has 0 aliphatic carbocycles. The number of hydrogen-bond acceptors (Lipinski definition) is 3. The molecule has 2 N–H and O–H groups in total. The van der Waals surface area contributed by atoms with Crippen molar-refractivity contribution in [3.05, 3.63) is 23.2 Å². The highest BCUT2D eigenvalue weighted by molar-refractivity contribution is 6.30. The third-order valence-corrected chi connectivity index (χ3v) is 2.02. The fourth-order valence-electron chi connectivity index (χ4n) is 1.07. The number of anilines is 1. The molecule has 82 valence electrons. The summed E-state index contributed by atoms with van der Waals surface area (Å²) in [6.45, 7) is 0.144. The van der Waals surface area contributed by atoms with Crippen LogP contribution in [0.1, 0.15) is 6.42 Å². The van der Waals surface area contributed by atoms with Gasteiger partial charge in [0.1, 0.15) is 5.75 Å². The Hall–Kier alpha value is -1.42. The maximum atomic E-state index is 10.3. The molecule has 0 spiro atoms. The minimum absolute atomic E-state index is 0.0220. The van der Waals surface area contributed by atoms with Gasteiger partial charge in [-0.05, 0) is 18.2 Å². The van der Waals surface area contributed by atoms with Crippen molar-refractivity contribution in [2.45, 2.75) is 6.42 Å². The number of ether oxygens (including phenoxy) is 1. The summed E-state index contributed by atoms with van der Waals surface area (Å²) >= 11 is 5.79. The third-order valence-electron chi connectivity index (χ3n) is 1.78. The lowest BCUT2D eigenvalue weighted by Gasteiger charge is -2.10. The second kappa shape index (κ2) is 5.46. The van der Waals surface area contributed by atoms with Gasteiger partial charge in [0, 0.05) is 12.1 Å². The van der Waals surface area contributed by atoms with E-state index in [1.54, 1.807) is 25.2 Å². The smallest absolute Gasteiger partial charge is 0.306 e. The van der Waals surface area contributed by atoms with Crippen molar-refractivity contribution in [2.24, 2.45) is 0 Å². The molecule has 0 fully saturated rings. The van der Waals surface area contributed by atoms with E-state index >= 15 is 0 Å². The van der Waals surface area contributed by atoms with Crippen LogP contribution >= 0.6 is 11.6 Å². The number of rotatable bonds is 5. The Morgan fingerprint density at radius 3 is 2.93 bits per heavy atom. The molecule has 0 radical (unpaired) electrons. The van der Waals surface area contributed by atoms with E-state index < -0.39 is 5.97 Å². The van der Waals surface area contributed by atoms with Gasteiger partial charge < -0.3 is 15.2 Å². The first-order valence-electron chi connectivity index (χ1n) is 4.45. The Labute approximate surface area is 92.8 Å². The van der Waals surface area contributed by atoms with E-state index in [2.05, 4.69) is 5.32 Å². The fraction of sp³-hybridized carbons (Fsp3) is 0.300. The standard InChI is InChI=1S/C10H12ClNO3/c1-12-8-6-7(11)2-3-9(8)15-5-4-10(13)14/h2-3,6,12H,4-5H2,1H3,(H,13,14). The SMILES string of the molecule is CNc1cc(Cl)ccc1OCCC(=O)O. The van der Waals surface area contributed by atoms with E-state index in [9.17, 15) is 4.79 Å². The van der Waals surface area contributed by atoms with Crippen molar-refractivity contribution in [2.75, 3.05) is 19.0 Å². The van der Waals surface area contributed by atoms with E-state index in [1.165, 1.54) is 0 Å². The number of hydrogen-bond donors (Lipinski definition) is 2. The highest BCUT2D eigenvalue weighted by Crippen LogP contribution is 2.27. The summed E-state index contributed by atoms with van der Waals surface area (Å²) < 4.78 is 5.29. The van der Waals surface area contributed by atoms with Crippen molar-refractivity contribution in [3.63, 3.8) is 0 Å². The number of carbonyl (C=O) groups is 1. The molecule has 0 aliphatic heterocycles. The molecule has 0 bridgehead atoms. The zero-order valence-corrected chi connectivity index (χ0v) is 9.04. The van der Waals surface area contributed by atoms with Gasteiger partial charge in [-0.25, -0.2) is 0 Å². The Morgan fingerprint density at radius 1 is 1.60 bits per heavy atom. The topological polar surface area (TPSA) is 58.6 Å². The first-order valence-corrected chi connectivity index (χ1v) is 4.83. The molecule has 0 aromatic heterocycles.